The van der Waals surface area contributed by atoms with Crippen molar-refractivity contribution < 1.29 is 0 Å². The Labute approximate surface area is 248 Å². The number of rotatable bonds is 3. The third-order valence-electron chi connectivity index (χ3n) is 8.96. The van der Waals surface area contributed by atoms with Crippen LogP contribution < -0.4 is 0 Å². The van der Waals surface area contributed by atoms with E-state index in [1.165, 1.54) is 38.6 Å². The SMILES string of the molecule is CC1(C)c2ccccc2-n2c1cc1c3c4ccccc4n(-c4nc(-c5ccccc5)nc(-c5ccccc5)n4)c3ccc12. The van der Waals surface area contributed by atoms with Crippen molar-refractivity contribution in [1.29, 1.82) is 0 Å². The van der Waals surface area contributed by atoms with Crippen molar-refractivity contribution >= 4 is 32.7 Å². The average molecular weight is 554 g/mol. The van der Waals surface area contributed by atoms with E-state index in [-0.39, 0.29) is 5.41 Å². The molecule has 0 atom stereocenters. The Morgan fingerprint density at radius 3 is 1.81 bits per heavy atom. The number of para-hydroxylation sites is 2. The van der Waals surface area contributed by atoms with Gasteiger partial charge in [-0.25, -0.2) is 4.98 Å². The molecular formula is C38H27N5. The van der Waals surface area contributed by atoms with Crippen molar-refractivity contribution in [1.82, 2.24) is 24.1 Å². The molecule has 8 aromatic rings. The third kappa shape index (κ3) is 3.36. The van der Waals surface area contributed by atoms with Crippen molar-refractivity contribution in [2.75, 3.05) is 0 Å². The normalized spacial score (nSPS) is 13.5. The van der Waals surface area contributed by atoms with Gasteiger partial charge in [0.05, 0.1) is 16.6 Å². The monoisotopic (exact) mass is 553 g/mol. The van der Waals surface area contributed by atoms with E-state index < -0.39 is 0 Å². The van der Waals surface area contributed by atoms with E-state index in [4.69, 9.17) is 15.0 Å². The minimum Gasteiger partial charge on any atom is -0.312 e. The fourth-order valence-corrected chi connectivity index (χ4v) is 6.92. The highest BCUT2D eigenvalue weighted by molar-refractivity contribution is 6.21. The van der Waals surface area contributed by atoms with E-state index in [1.54, 1.807) is 0 Å². The predicted molar refractivity (Wildman–Crippen MR) is 174 cm³/mol. The second kappa shape index (κ2) is 8.73. The largest absolute Gasteiger partial charge is 0.312 e. The van der Waals surface area contributed by atoms with Crippen LogP contribution in [0.5, 0.6) is 0 Å². The molecule has 1 aliphatic heterocycles. The fraction of sp³-hybridized carbons (Fsp3) is 0.0789. The van der Waals surface area contributed by atoms with E-state index >= 15 is 0 Å². The van der Waals surface area contributed by atoms with Gasteiger partial charge in [-0.15, -0.1) is 0 Å². The maximum absolute atomic E-state index is 5.09. The molecule has 5 nitrogen and oxygen atoms in total. The van der Waals surface area contributed by atoms with E-state index in [0.717, 1.165) is 22.2 Å². The number of hydrogen-bond donors (Lipinski definition) is 0. The first kappa shape index (κ1) is 24.1. The van der Waals surface area contributed by atoms with Gasteiger partial charge in [0.15, 0.2) is 11.6 Å². The van der Waals surface area contributed by atoms with Gasteiger partial charge in [0.1, 0.15) is 0 Å². The molecular weight excluding hydrogens is 526 g/mol. The van der Waals surface area contributed by atoms with Crippen LogP contribution >= 0.6 is 0 Å². The molecule has 0 aliphatic carbocycles. The molecule has 9 rings (SSSR count). The van der Waals surface area contributed by atoms with Crippen molar-refractivity contribution in [2.24, 2.45) is 0 Å². The van der Waals surface area contributed by atoms with Gasteiger partial charge in [0.2, 0.25) is 5.95 Å². The number of nitrogens with zero attached hydrogens (tertiary/aromatic N) is 5. The fourth-order valence-electron chi connectivity index (χ4n) is 6.92. The van der Waals surface area contributed by atoms with Gasteiger partial charge in [-0.05, 0) is 35.9 Å². The summed E-state index contributed by atoms with van der Waals surface area (Å²) in [6.45, 7) is 4.65. The quantitative estimate of drug-likeness (QED) is 0.220. The molecule has 0 saturated heterocycles. The Morgan fingerprint density at radius 2 is 1.09 bits per heavy atom. The van der Waals surface area contributed by atoms with Gasteiger partial charge in [0, 0.05) is 44.1 Å². The zero-order valence-corrected chi connectivity index (χ0v) is 23.9. The number of benzene rings is 5. The zero-order valence-electron chi connectivity index (χ0n) is 23.9. The Bertz CT molecular complexity index is 2300. The molecule has 0 radical (unpaired) electrons. The second-order valence-electron chi connectivity index (χ2n) is 11.8. The van der Waals surface area contributed by atoms with Gasteiger partial charge in [-0.2, -0.15) is 9.97 Å². The first-order valence-electron chi connectivity index (χ1n) is 14.6. The standard InChI is InChI=1S/C38H27N5/c1-38(2)28-18-10-12-20-31(28)42-30-21-22-32-34(27(30)23-33(38)42)26-17-9-11-19-29(26)43(32)37-40-35(24-13-5-3-6-14-24)39-36(41-37)25-15-7-4-8-16-25/h3-23H,1-2H3. The first-order valence-corrected chi connectivity index (χ1v) is 14.6. The second-order valence-corrected chi connectivity index (χ2v) is 11.8. The lowest BCUT2D eigenvalue weighted by Crippen LogP contribution is -2.14. The molecule has 4 heterocycles. The Hall–Kier alpha value is -5.55. The molecule has 43 heavy (non-hydrogen) atoms. The van der Waals surface area contributed by atoms with Crippen LogP contribution in [0.15, 0.2) is 127 Å². The van der Waals surface area contributed by atoms with Gasteiger partial charge >= 0.3 is 0 Å². The summed E-state index contributed by atoms with van der Waals surface area (Å²) >= 11 is 0. The van der Waals surface area contributed by atoms with Crippen molar-refractivity contribution in [3.63, 3.8) is 0 Å². The predicted octanol–water partition coefficient (Wildman–Crippen LogP) is 8.89. The Morgan fingerprint density at radius 1 is 0.512 bits per heavy atom. The summed E-state index contributed by atoms with van der Waals surface area (Å²) in [5, 5.41) is 3.64. The highest BCUT2D eigenvalue weighted by Gasteiger charge is 2.37. The first-order chi connectivity index (χ1) is 21.1. The smallest absolute Gasteiger partial charge is 0.238 e. The highest BCUT2D eigenvalue weighted by Crippen LogP contribution is 2.48. The zero-order chi connectivity index (χ0) is 28.7. The molecule has 0 bridgehead atoms. The molecule has 5 aromatic carbocycles. The van der Waals surface area contributed by atoms with E-state index in [9.17, 15) is 0 Å². The molecule has 3 aromatic heterocycles. The van der Waals surface area contributed by atoms with Crippen LogP contribution in [0.4, 0.5) is 0 Å². The van der Waals surface area contributed by atoms with E-state index in [0.29, 0.717) is 17.6 Å². The molecule has 0 saturated carbocycles. The summed E-state index contributed by atoms with van der Waals surface area (Å²) in [5.74, 6) is 1.91. The maximum atomic E-state index is 5.09. The molecule has 0 spiro atoms. The van der Waals surface area contributed by atoms with Crippen LogP contribution in [-0.2, 0) is 5.41 Å². The van der Waals surface area contributed by atoms with Crippen LogP contribution in [0.3, 0.4) is 0 Å². The minimum absolute atomic E-state index is 0.0936. The molecule has 0 amide bonds. The van der Waals surface area contributed by atoms with Crippen molar-refractivity contribution in [3.8, 4) is 34.4 Å². The highest BCUT2D eigenvalue weighted by atomic mass is 15.2. The van der Waals surface area contributed by atoms with Crippen molar-refractivity contribution in [2.45, 2.75) is 19.3 Å². The molecule has 204 valence electrons. The summed E-state index contributed by atoms with van der Waals surface area (Å²) in [4.78, 5) is 15.1. The molecule has 0 unspecified atom stereocenters. The summed E-state index contributed by atoms with van der Waals surface area (Å²) < 4.78 is 4.65. The molecule has 0 fully saturated rings. The minimum atomic E-state index is -0.0936. The van der Waals surface area contributed by atoms with Crippen LogP contribution in [0.2, 0.25) is 0 Å². The van der Waals surface area contributed by atoms with Gasteiger partial charge < -0.3 is 4.57 Å². The Balaban J connectivity index is 1.37. The number of aromatic nitrogens is 5. The molecule has 1 aliphatic rings. The van der Waals surface area contributed by atoms with Crippen molar-refractivity contribution in [3.05, 3.63) is 139 Å². The third-order valence-corrected chi connectivity index (χ3v) is 8.96. The molecule has 5 heteroatoms. The van der Waals surface area contributed by atoms with Crippen LogP contribution in [0.1, 0.15) is 25.1 Å². The van der Waals surface area contributed by atoms with E-state index in [1.807, 2.05) is 60.7 Å². The summed E-state index contributed by atoms with van der Waals surface area (Å²) in [6, 6.07) is 44.5. The summed E-state index contributed by atoms with van der Waals surface area (Å²) in [5.41, 5.74) is 9.12. The average Bonchev–Trinajstić information content (AvgIpc) is 3.68. The number of hydrogen-bond acceptors (Lipinski definition) is 3. The lowest BCUT2D eigenvalue weighted by Gasteiger charge is -2.18. The van der Waals surface area contributed by atoms with Gasteiger partial charge in [0.25, 0.3) is 0 Å². The van der Waals surface area contributed by atoms with Crippen LogP contribution in [0.25, 0.3) is 67.1 Å². The lowest BCUT2D eigenvalue weighted by molar-refractivity contribution is 0.645. The van der Waals surface area contributed by atoms with Crippen LogP contribution in [-0.4, -0.2) is 24.1 Å². The molecule has 0 N–H and O–H groups in total. The van der Waals surface area contributed by atoms with Gasteiger partial charge in [-0.1, -0.05) is 111 Å². The van der Waals surface area contributed by atoms with E-state index in [2.05, 4.69) is 89.7 Å². The summed E-state index contributed by atoms with van der Waals surface area (Å²) in [7, 11) is 0. The maximum Gasteiger partial charge on any atom is 0.238 e. The lowest BCUT2D eigenvalue weighted by atomic mass is 9.83. The van der Waals surface area contributed by atoms with Gasteiger partial charge in [-0.3, -0.25) is 4.57 Å². The summed E-state index contributed by atoms with van der Waals surface area (Å²) in [6.07, 6.45) is 0. The topological polar surface area (TPSA) is 48.5 Å². The van der Waals surface area contributed by atoms with Crippen LogP contribution in [0, 0.1) is 0 Å². The number of fused-ring (bicyclic) bond motifs is 9. The Kier molecular flexibility index (Phi) is 4.89.